The lowest BCUT2D eigenvalue weighted by Crippen LogP contribution is -2.57. The maximum atomic E-state index is 11.7. The van der Waals surface area contributed by atoms with Crippen LogP contribution >= 0.6 is 0 Å². The van der Waals surface area contributed by atoms with Crippen molar-refractivity contribution in [2.45, 2.75) is 25.3 Å². The zero-order chi connectivity index (χ0) is 10.9. The SMILES string of the molecule is COC(=O)C1(CN(C)C2CCC2)COC1. The van der Waals surface area contributed by atoms with E-state index in [1.54, 1.807) is 0 Å². The molecule has 0 N–H and O–H groups in total. The summed E-state index contributed by atoms with van der Waals surface area (Å²) >= 11 is 0. The summed E-state index contributed by atoms with van der Waals surface area (Å²) in [5, 5.41) is 0. The van der Waals surface area contributed by atoms with Crippen molar-refractivity contribution >= 4 is 5.97 Å². The van der Waals surface area contributed by atoms with Gasteiger partial charge in [-0.05, 0) is 19.9 Å². The van der Waals surface area contributed by atoms with Gasteiger partial charge in [-0.2, -0.15) is 0 Å². The van der Waals surface area contributed by atoms with E-state index in [9.17, 15) is 4.79 Å². The van der Waals surface area contributed by atoms with Crippen LogP contribution in [0.3, 0.4) is 0 Å². The summed E-state index contributed by atoms with van der Waals surface area (Å²) in [5.41, 5.74) is -0.390. The van der Waals surface area contributed by atoms with Crippen molar-refractivity contribution in [3.05, 3.63) is 0 Å². The Morgan fingerprint density at radius 1 is 1.53 bits per heavy atom. The molecule has 86 valence electrons. The Balaban J connectivity index is 1.92. The van der Waals surface area contributed by atoms with Gasteiger partial charge in [-0.3, -0.25) is 4.79 Å². The molecule has 0 atom stereocenters. The van der Waals surface area contributed by atoms with E-state index in [2.05, 4.69) is 11.9 Å². The summed E-state index contributed by atoms with van der Waals surface area (Å²) < 4.78 is 10.0. The van der Waals surface area contributed by atoms with Gasteiger partial charge in [0.15, 0.2) is 0 Å². The van der Waals surface area contributed by atoms with Crippen molar-refractivity contribution in [3.8, 4) is 0 Å². The third-order valence-electron chi connectivity index (χ3n) is 3.63. The lowest BCUT2D eigenvalue weighted by molar-refractivity contribution is -0.187. The highest BCUT2D eigenvalue weighted by Gasteiger charge is 2.48. The average molecular weight is 213 g/mol. The molecule has 15 heavy (non-hydrogen) atoms. The largest absolute Gasteiger partial charge is 0.468 e. The first-order valence-corrected chi connectivity index (χ1v) is 5.54. The van der Waals surface area contributed by atoms with Crippen molar-refractivity contribution in [3.63, 3.8) is 0 Å². The Morgan fingerprint density at radius 2 is 2.20 bits per heavy atom. The second kappa shape index (κ2) is 4.10. The number of methoxy groups -OCH3 is 1. The molecular formula is C11H19NO3. The zero-order valence-electron chi connectivity index (χ0n) is 9.49. The van der Waals surface area contributed by atoms with Crippen LogP contribution in [0.2, 0.25) is 0 Å². The van der Waals surface area contributed by atoms with Gasteiger partial charge >= 0.3 is 5.97 Å². The summed E-state index contributed by atoms with van der Waals surface area (Å²) in [5.74, 6) is -0.125. The Hall–Kier alpha value is -0.610. The van der Waals surface area contributed by atoms with Gasteiger partial charge in [-0.15, -0.1) is 0 Å². The van der Waals surface area contributed by atoms with Gasteiger partial charge in [0.2, 0.25) is 0 Å². The van der Waals surface area contributed by atoms with E-state index in [0.717, 1.165) is 6.54 Å². The van der Waals surface area contributed by atoms with Crippen LogP contribution in [-0.4, -0.2) is 50.8 Å². The van der Waals surface area contributed by atoms with Crippen molar-refractivity contribution < 1.29 is 14.3 Å². The number of carbonyl (C=O) groups excluding carboxylic acids is 1. The second-order valence-corrected chi connectivity index (χ2v) is 4.76. The Kier molecular flexibility index (Phi) is 2.98. The molecule has 2 aliphatic rings. The number of carbonyl (C=O) groups is 1. The fourth-order valence-corrected chi connectivity index (χ4v) is 2.27. The molecule has 0 spiro atoms. The average Bonchev–Trinajstić information content (AvgIpc) is 2.07. The summed E-state index contributed by atoms with van der Waals surface area (Å²) in [4.78, 5) is 13.9. The van der Waals surface area contributed by atoms with E-state index in [0.29, 0.717) is 19.3 Å². The van der Waals surface area contributed by atoms with Gasteiger partial charge in [0.05, 0.1) is 20.3 Å². The minimum Gasteiger partial charge on any atom is -0.468 e. The minimum atomic E-state index is -0.390. The van der Waals surface area contributed by atoms with Crippen molar-refractivity contribution in [1.82, 2.24) is 4.90 Å². The highest BCUT2D eigenvalue weighted by molar-refractivity contribution is 5.78. The molecule has 1 heterocycles. The molecule has 4 nitrogen and oxygen atoms in total. The first-order valence-electron chi connectivity index (χ1n) is 5.54. The first kappa shape index (κ1) is 10.9. The van der Waals surface area contributed by atoms with Gasteiger partial charge < -0.3 is 14.4 Å². The lowest BCUT2D eigenvalue weighted by atomic mass is 9.83. The van der Waals surface area contributed by atoms with Crippen LogP contribution in [-0.2, 0) is 14.3 Å². The third-order valence-corrected chi connectivity index (χ3v) is 3.63. The maximum absolute atomic E-state index is 11.7. The molecule has 0 radical (unpaired) electrons. The highest BCUT2D eigenvalue weighted by Crippen LogP contribution is 2.33. The number of hydrogen-bond acceptors (Lipinski definition) is 4. The van der Waals surface area contributed by atoms with Gasteiger partial charge in [0, 0.05) is 12.6 Å². The molecule has 4 heteroatoms. The molecule has 1 aliphatic carbocycles. The van der Waals surface area contributed by atoms with Crippen LogP contribution in [0.25, 0.3) is 0 Å². The van der Waals surface area contributed by atoms with Crippen LogP contribution in [0.1, 0.15) is 19.3 Å². The standard InChI is InChI=1S/C11H19NO3/c1-12(9-4-3-5-9)6-11(7-15-8-11)10(13)14-2/h9H,3-8H2,1-2H3. The Bertz CT molecular complexity index is 246. The smallest absolute Gasteiger partial charge is 0.317 e. The van der Waals surface area contributed by atoms with Crippen molar-refractivity contribution in [2.24, 2.45) is 5.41 Å². The van der Waals surface area contributed by atoms with E-state index < -0.39 is 0 Å². The maximum Gasteiger partial charge on any atom is 0.317 e. The zero-order valence-corrected chi connectivity index (χ0v) is 9.49. The van der Waals surface area contributed by atoms with E-state index in [-0.39, 0.29) is 11.4 Å². The Labute approximate surface area is 90.5 Å². The van der Waals surface area contributed by atoms with Gasteiger partial charge in [0.25, 0.3) is 0 Å². The molecule has 2 rings (SSSR count). The summed E-state index contributed by atoms with van der Waals surface area (Å²) in [7, 11) is 3.54. The first-order chi connectivity index (χ1) is 7.18. The lowest BCUT2D eigenvalue weighted by Gasteiger charge is -2.44. The molecule has 0 bridgehead atoms. The van der Waals surface area contributed by atoms with Gasteiger partial charge in [-0.1, -0.05) is 6.42 Å². The predicted octanol–water partition coefficient (Wildman–Crippen LogP) is 0.660. The highest BCUT2D eigenvalue weighted by atomic mass is 16.5. The topological polar surface area (TPSA) is 38.8 Å². The summed E-state index contributed by atoms with van der Waals surface area (Å²) in [6.07, 6.45) is 3.83. The fourth-order valence-electron chi connectivity index (χ4n) is 2.27. The van der Waals surface area contributed by atoms with E-state index >= 15 is 0 Å². The normalized spacial score (nSPS) is 24.5. The molecule has 1 aliphatic heterocycles. The van der Waals surface area contributed by atoms with Gasteiger partial charge in [-0.25, -0.2) is 0 Å². The molecular weight excluding hydrogens is 194 g/mol. The molecule has 0 aromatic heterocycles. The minimum absolute atomic E-state index is 0.125. The fraction of sp³-hybridized carbons (Fsp3) is 0.909. The van der Waals surface area contributed by atoms with E-state index in [1.165, 1.54) is 26.4 Å². The monoisotopic (exact) mass is 213 g/mol. The molecule has 0 aromatic carbocycles. The molecule has 2 fully saturated rings. The predicted molar refractivity (Wildman–Crippen MR) is 55.5 cm³/mol. The van der Waals surface area contributed by atoms with E-state index in [4.69, 9.17) is 9.47 Å². The van der Waals surface area contributed by atoms with E-state index in [1.807, 2.05) is 0 Å². The van der Waals surface area contributed by atoms with Crippen LogP contribution in [0.4, 0.5) is 0 Å². The number of ether oxygens (including phenoxy) is 2. The number of rotatable bonds is 4. The quantitative estimate of drug-likeness (QED) is 0.643. The third kappa shape index (κ3) is 1.88. The van der Waals surface area contributed by atoms with Crippen LogP contribution in [0, 0.1) is 5.41 Å². The second-order valence-electron chi connectivity index (χ2n) is 4.76. The molecule has 0 unspecified atom stereocenters. The number of hydrogen-bond donors (Lipinski definition) is 0. The van der Waals surface area contributed by atoms with Crippen molar-refractivity contribution in [1.29, 1.82) is 0 Å². The molecule has 0 aromatic rings. The number of esters is 1. The van der Waals surface area contributed by atoms with Crippen LogP contribution in [0.5, 0.6) is 0 Å². The van der Waals surface area contributed by atoms with Crippen LogP contribution in [0.15, 0.2) is 0 Å². The molecule has 1 saturated heterocycles. The summed E-state index contributed by atoms with van der Waals surface area (Å²) in [6, 6.07) is 0.659. The Morgan fingerprint density at radius 3 is 2.53 bits per heavy atom. The van der Waals surface area contributed by atoms with Crippen molar-refractivity contribution in [2.75, 3.05) is 33.9 Å². The van der Waals surface area contributed by atoms with Crippen LogP contribution < -0.4 is 0 Å². The molecule has 1 saturated carbocycles. The summed E-state index contributed by atoms with van der Waals surface area (Å²) in [6.45, 7) is 1.79. The number of nitrogens with zero attached hydrogens (tertiary/aromatic N) is 1. The molecule has 0 amide bonds. The van der Waals surface area contributed by atoms with Gasteiger partial charge in [0.1, 0.15) is 5.41 Å².